The van der Waals surface area contributed by atoms with Crippen LogP contribution < -0.4 is 5.32 Å². The van der Waals surface area contributed by atoms with Gasteiger partial charge in [0.15, 0.2) is 17.5 Å². The summed E-state index contributed by atoms with van der Waals surface area (Å²) < 4.78 is 0. The number of hydrogen-bond acceptors (Lipinski definition) is 6. The Labute approximate surface area is 287 Å². The van der Waals surface area contributed by atoms with Crippen LogP contribution >= 0.6 is 0 Å². The average Bonchev–Trinajstić information content (AvgIpc) is 3.17. The Kier molecular flexibility index (Phi) is 9.10. The van der Waals surface area contributed by atoms with Crippen molar-refractivity contribution >= 4 is 22.2 Å². The predicted octanol–water partition coefficient (Wildman–Crippen LogP) is 10.6. The van der Waals surface area contributed by atoms with Crippen molar-refractivity contribution in [2.75, 3.05) is 12.4 Å². The number of fused-ring (bicyclic) bond motifs is 1. The minimum atomic E-state index is 0.578. The van der Waals surface area contributed by atoms with Gasteiger partial charge in [0.1, 0.15) is 5.82 Å². The summed E-state index contributed by atoms with van der Waals surface area (Å²) in [7, 11) is 1.90. The minimum Gasteiger partial charge on any atom is -0.373 e. The minimum absolute atomic E-state index is 0.578. The lowest BCUT2D eigenvalue weighted by molar-refractivity contribution is 1.07. The molecule has 0 radical (unpaired) electrons. The molecule has 0 aliphatic heterocycles. The standard InChI is InChI=1S/C43H36N6/c1-4-14-29(15-5-2)33-25-39(46-40(26-33)44-3)35-22-34(38-28-45-27-32-20-12-13-21-37(32)38)23-36(24-35)43-48-41(30-16-8-6-9-17-30)47-42(49-43)31-18-10-7-11-19-31/h4,6-28H,5H2,1-3H3,(H,44,46)/b14-4-,29-15+. The Morgan fingerprint density at radius 1 is 0.633 bits per heavy atom. The highest BCUT2D eigenvalue weighted by atomic mass is 15.0. The largest absolute Gasteiger partial charge is 0.373 e. The molecule has 0 unspecified atom stereocenters. The van der Waals surface area contributed by atoms with Crippen LogP contribution in [0.15, 0.2) is 146 Å². The second-order valence-corrected chi connectivity index (χ2v) is 11.7. The van der Waals surface area contributed by atoms with Crippen molar-refractivity contribution in [3.63, 3.8) is 0 Å². The molecule has 0 fully saturated rings. The molecule has 0 saturated heterocycles. The molecule has 3 aromatic heterocycles. The number of pyridine rings is 2. The van der Waals surface area contributed by atoms with E-state index in [4.69, 9.17) is 19.9 Å². The third-order valence-corrected chi connectivity index (χ3v) is 8.35. The van der Waals surface area contributed by atoms with E-state index in [9.17, 15) is 0 Å². The van der Waals surface area contributed by atoms with Crippen molar-refractivity contribution < 1.29 is 0 Å². The number of anilines is 1. The second kappa shape index (κ2) is 14.2. The quantitative estimate of drug-likeness (QED) is 0.159. The molecule has 6 nitrogen and oxygen atoms in total. The van der Waals surface area contributed by atoms with Gasteiger partial charge in [-0.1, -0.05) is 110 Å². The van der Waals surface area contributed by atoms with Gasteiger partial charge >= 0.3 is 0 Å². The first-order chi connectivity index (χ1) is 24.1. The van der Waals surface area contributed by atoms with Crippen molar-refractivity contribution in [1.82, 2.24) is 24.9 Å². The molecule has 0 aliphatic rings. The van der Waals surface area contributed by atoms with Gasteiger partial charge in [-0.3, -0.25) is 4.98 Å². The number of allylic oxidation sites excluding steroid dienone is 4. The molecule has 0 aliphatic carbocycles. The van der Waals surface area contributed by atoms with Crippen molar-refractivity contribution in [2.45, 2.75) is 20.3 Å². The van der Waals surface area contributed by atoms with Crippen LogP contribution in [0.3, 0.4) is 0 Å². The van der Waals surface area contributed by atoms with Crippen LogP contribution in [0.25, 0.3) is 72.9 Å². The van der Waals surface area contributed by atoms with Gasteiger partial charge in [0, 0.05) is 52.6 Å². The smallest absolute Gasteiger partial charge is 0.164 e. The number of hydrogen-bond donors (Lipinski definition) is 1. The fraction of sp³-hybridized carbons (Fsp3) is 0.0930. The zero-order chi connectivity index (χ0) is 33.6. The van der Waals surface area contributed by atoms with Gasteiger partial charge in [-0.05, 0) is 65.8 Å². The Hall–Kier alpha value is -6.27. The third-order valence-electron chi connectivity index (χ3n) is 8.35. The van der Waals surface area contributed by atoms with E-state index >= 15 is 0 Å². The molecule has 0 amide bonds. The van der Waals surface area contributed by atoms with E-state index in [0.717, 1.165) is 73.2 Å². The predicted molar refractivity (Wildman–Crippen MR) is 203 cm³/mol. The van der Waals surface area contributed by atoms with Crippen LogP contribution in [0.5, 0.6) is 0 Å². The molecule has 7 aromatic rings. The van der Waals surface area contributed by atoms with Gasteiger partial charge in [0.2, 0.25) is 0 Å². The first-order valence-corrected chi connectivity index (χ1v) is 16.5. The molecule has 0 saturated carbocycles. The van der Waals surface area contributed by atoms with E-state index in [2.05, 4.69) is 84.0 Å². The number of rotatable bonds is 9. The second-order valence-electron chi connectivity index (χ2n) is 11.7. The fourth-order valence-electron chi connectivity index (χ4n) is 6.00. The average molecular weight is 637 g/mol. The molecule has 0 spiro atoms. The van der Waals surface area contributed by atoms with Gasteiger partial charge in [0.25, 0.3) is 0 Å². The van der Waals surface area contributed by atoms with Gasteiger partial charge in [-0.2, -0.15) is 0 Å². The maximum Gasteiger partial charge on any atom is 0.164 e. The lowest BCUT2D eigenvalue weighted by Gasteiger charge is -2.15. The summed E-state index contributed by atoms with van der Waals surface area (Å²) >= 11 is 0. The van der Waals surface area contributed by atoms with Crippen molar-refractivity contribution in [2.24, 2.45) is 0 Å². The first kappa shape index (κ1) is 31.3. The number of benzene rings is 4. The van der Waals surface area contributed by atoms with Crippen LogP contribution in [0.4, 0.5) is 5.82 Å². The molecule has 6 heteroatoms. The monoisotopic (exact) mass is 636 g/mol. The summed E-state index contributed by atoms with van der Waals surface area (Å²) in [6.07, 6.45) is 11.2. The first-order valence-electron chi connectivity index (χ1n) is 16.5. The SMILES string of the molecule is C/C=C\C(=C/CC)c1cc(NC)nc(-c2cc(-c3nc(-c4ccccc4)nc(-c4ccccc4)n3)cc(-c3cncc4ccccc34)c2)c1. The van der Waals surface area contributed by atoms with Gasteiger partial charge < -0.3 is 5.32 Å². The molecular formula is C43H36N6. The lowest BCUT2D eigenvalue weighted by Crippen LogP contribution is -2.01. The molecule has 49 heavy (non-hydrogen) atoms. The topological polar surface area (TPSA) is 76.5 Å². The Morgan fingerprint density at radius 2 is 1.24 bits per heavy atom. The van der Waals surface area contributed by atoms with Crippen molar-refractivity contribution in [1.29, 1.82) is 0 Å². The van der Waals surface area contributed by atoms with Crippen LogP contribution in [0.1, 0.15) is 25.8 Å². The molecule has 0 bridgehead atoms. The molecule has 0 atom stereocenters. The maximum atomic E-state index is 5.07. The van der Waals surface area contributed by atoms with Crippen LogP contribution in [0.2, 0.25) is 0 Å². The van der Waals surface area contributed by atoms with E-state index in [0.29, 0.717) is 17.5 Å². The molecular weight excluding hydrogens is 601 g/mol. The summed E-state index contributed by atoms with van der Waals surface area (Å²) in [6, 6.07) is 39.1. The highest BCUT2D eigenvalue weighted by Gasteiger charge is 2.17. The molecule has 7 rings (SSSR count). The number of nitrogens with one attached hydrogen (secondary N) is 1. The lowest BCUT2D eigenvalue weighted by atomic mass is 9.94. The fourth-order valence-corrected chi connectivity index (χ4v) is 6.00. The molecule has 1 N–H and O–H groups in total. The van der Waals surface area contributed by atoms with Crippen molar-refractivity contribution in [3.05, 3.63) is 151 Å². The van der Waals surface area contributed by atoms with E-state index in [1.165, 1.54) is 0 Å². The summed E-state index contributed by atoms with van der Waals surface area (Å²) in [5.41, 5.74) is 8.73. The molecule has 3 heterocycles. The van der Waals surface area contributed by atoms with E-state index in [1.807, 2.05) is 93.1 Å². The number of aromatic nitrogens is 5. The highest BCUT2D eigenvalue weighted by Crippen LogP contribution is 2.36. The normalized spacial score (nSPS) is 11.7. The Balaban J connectivity index is 1.50. The van der Waals surface area contributed by atoms with E-state index < -0.39 is 0 Å². The third kappa shape index (κ3) is 6.76. The number of nitrogens with zero attached hydrogens (tertiary/aromatic N) is 5. The molecule has 4 aromatic carbocycles. The Morgan fingerprint density at radius 3 is 1.90 bits per heavy atom. The van der Waals surface area contributed by atoms with Gasteiger partial charge in [-0.15, -0.1) is 0 Å². The van der Waals surface area contributed by atoms with E-state index in [-0.39, 0.29) is 0 Å². The summed E-state index contributed by atoms with van der Waals surface area (Å²) in [4.78, 5) is 24.7. The van der Waals surface area contributed by atoms with Crippen molar-refractivity contribution in [3.8, 4) is 56.5 Å². The maximum absolute atomic E-state index is 5.07. The molecule has 238 valence electrons. The zero-order valence-corrected chi connectivity index (χ0v) is 27.8. The highest BCUT2D eigenvalue weighted by molar-refractivity contribution is 5.97. The summed E-state index contributed by atoms with van der Waals surface area (Å²) in [6.45, 7) is 4.20. The zero-order valence-electron chi connectivity index (χ0n) is 27.8. The van der Waals surface area contributed by atoms with Gasteiger partial charge in [-0.25, -0.2) is 19.9 Å². The van der Waals surface area contributed by atoms with Crippen LogP contribution in [0, 0.1) is 0 Å². The Bertz CT molecular complexity index is 2250. The summed E-state index contributed by atoms with van der Waals surface area (Å²) in [5.74, 6) is 2.59. The van der Waals surface area contributed by atoms with Gasteiger partial charge in [0.05, 0.1) is 5.69 Å². The van der Waals surface area contributed by atoms with E-state index in [1.54, 1.807) is 0 Å². The van der Waals surface area contributed by atoms with Crippen LogP contribution in [-0.2, 0) is 0 Å². The van der Waals surface area contributed by atoms with Crippen LogP contribution in [-0.4, -0.2) is 32.0 Å². The summed E-state index contributed by atoms with van der Waals surface area (Å²) in [5, 5.41) is 5.47.